The first-order chi connectivity index (χ1) is 14.4. The third-order valence-electron chi connectivity index (χ3n) is 6.03. The minimum absolute atomic E-state index is 0.0254. The van der Waals surface area contributed by atoms with Gasteiger partial charge in [0.2, 0.25) is 11.8 Å². The van der Waals surface area contributed by atoms with E-state index in [0.29, 0.717) is 42.4 Å². The standard InChI is InChI=1S/C22H29N3O5/c1-13(26)24-15-5-8-19-17(9-15)22(28)25(2)18-7-6-16(30-20(18)12-29-19)10-21(27)23-11-14-3-4-14/h5,8-9,14,16,18,20H,3-4,6-7,10-12H2,1-2H3,(H,23,27)(H,24,26)/t16-,18+,20-/m1/s1. The number of amides is 3. The molecule has 2 heterocycles. The molecule has 30 heavy (non-hydrogen) atoms. The topological polar surface area (TPSA) is 97.0 Å². The van der Waals surface area contributed by atoms with E-state index in [2.05, 4.69) is 10.6 Å². The van der Waals surface area contributed by atoms with Crippen molar-refractivity contribution in [2.45, 2.75) is 57.3 Å². The van der Waals surface area contributed by atoms with E-state index in [0.717, 1.165) is 13.0 Å². The van der Waals surface area contributed by atoms with Crippen LogP contribution < -0.4 is 15.4 Å². The molecule has 0 unspecified atom stereocenters. The average molecular weight is 415 g/mol. The van der Waals surface area contributed by atoms with Gasteiger partial charge in [-0.1, -0.05) is 0 Å². The van der Waals surface area contributed by atoms with Crippen LogP contribution in [0, 0.1) is 5.92 Å². The summed E-state index contributed by atoms with van der Waals surface area (Å²) in [6, 6.07) is 4.92. The third kappa shape index (κ3) is 4.75. The first kappa shape index (κ1) is 20.7. The summed E-state index contributed by atoms with van der Waals surface area (Å²) in [6.45, 7) is 2.48. The van der Waals surface area contributed by atoms with E-state index in [1.54, 1.807) is 30.1 Å². The maximum atomic E-state index is 13.1. The van der Waals surface area contributed by atoms with Crippen LogP contribution >= 0.6 is 0 Å². The van der Waals surface area contributed by atoms with Gasteiger partial charge in [0.25, 0.3) is 5.91 Å². The maximum absolute atomic E-state index is 13.1. The van der Waals surface area contributed by atoms with Crippen LogP contribution in [0.2, 0.25) is 0 Å². The summed E-state index contributed by atoms with van der Waals surface area (Å²) in [5.74, 6) is 0.770. The largest absolute Gasteiger partial charge is 0.490 e. The Morgan fingerprint density at radius 3 is 2.73 bits per heavy atom. The number of nitrogens with one attached hydrogen (secondary N) is 2. The second-order valence-electron chi connectivity index (χ2n) is 8.51. The van der Waals surface area contributed by atoms with Gasteiger partial charge in [-0.15, -0.1) is 0 Å². The second-order valence-corrected chi connectivity index (χ2v) is 8.51. The van der Waals surface area contributed by atoms with Crippen LogP contribution in [-0.2, 0) is 14.3 Å². The van der Waals surface area contributed by atoms with Gasteiger partial charge in [0.15, 0.2) is 0 Å². The molecule has 1 aromatic rings. The van der Waals surface area contributed by atoms with Gasteiger partial charge in [-0.25, -0.2) is 0 Å². The number of benzene rings is 1. The predicted molar refractivity (Wildman–Crippen MR) is 110 cm³/mol. The van der Waals surface area contributed by atoms with Gasteiger partial charge in [-0.2, -0.15) is 0 Å². The fraction of sp³-hybridized carbons (Fsp3) is 0.591. The summed E-state index contributed by atoms with van der Waals surface area (Å²) in [7, 11) is 1.77. The van der Waals surface area contributed by atoms with Crippen molar-refractivity contribution in [1.82, 2.24) is 10.2 Å². The summed E-state index contributed by atoms with van der Waals surface area (Å²) in [5.41, 5.74) is 0.977. The van der Waals surface area contributed by atoms with Crippen LogP contribution in [0.25, 0.3) is 0 Å². The van der Waals surface area contributed by atoms with Crippen molar-refractivity contribution in [3.63, 3.8) is 0 Å². The molecule has 0 aromatic heterocycles. The molecule has 2 aliphatic heterocycles. The smallest absolute Gasteiger partial charge is 0.257 e. The van der Waals surface area contributed by atoms with Gasteiger partial charge in [0.1, 0.15) is 18.5 Å². The first-order valence-corrected chi connectivity index (χ1v) is 10.6. The number of ether oxygens (including phenoxy) is 2. The number of likely N-dealkylation sites (N-methyl/N-ethyl adjacent to an activating group) is 1. The molecule has 1 aliphatic carbocycles. The van der Waals surface area contributed by atoms with E-state index in [-0.39, 0.29) is 36.0 Å². The minimum atomic E-state index is -0.294. The number of nitrogens with zero attached hydrogens (tertiary/aromatic N) is 1. The van der Waals surface area contributed by atoms with Gasteiger partial charge in [-0.05, 0) is 49.8 Å². The number of carbonyl (C=O) groups excluding carboxylic acids is 3. The lowest BCUT2D eigenvalue weighted by Gasteiger charge is -2.42. The Labute approximate surface area is 176 Å². The Morgan fingerprint density at radius 2 is 2.00 bits per heavy atom. The predicted octanol–water partition coefficient (Wildman–Crippen LogP) is 1.94. The zero-order valence-electron chi connectivity index (χ0n) is 17.5. The normalized spacial score (nSPS) is 25.9. The Hall–Kier alpha value is -2.61. The zero-order valence-corrected chi connectivity index (χ0v) is 17.5. The van der Waals surface area contributed by atoms with Crippen LogP contribution in [0.5, 0.6) is 5.75 Å². The number of carbonyl (C=O) groups is 3. The Balaban J connectivity index is 1.43. The summed E-state index contributed by atoms with van der Waals surface area (Å²) in [4.78, 5) is 38.3. The molecule has 1 aromatic carbocycles. The van der Waals surface area contributed by atoms with Crippen LogP contribution in [-0.4, -0.2) is 61.1 Å². The lowest BCUT2D eigenvalue weighted by molar-refractivity contribution is -0.134. The van der Waals surface area contributed by atoms with Crippen LogP contribution in [0.1, 0.15) is 49.4 Å². The lowest BCUT2D eigenvalue weighted by atomic mass is 9.94. The van der Waals surface area contributed by atoms with Crippen LogP contribution in [0.3, 0.4) is 0 Å². The molecule has 8 heteroatoms. The van der Waals surface area contributed by atoms with Gasteiger partial charge in [0.05, 0.1) is 24.1 Å². The maximum Gasteiger partial charge on any atom is 0.257 e. The number of hydrogen-bond acceptors (Lipinski definition) is 5. The fourth-order valence-corrected chi connectivity index (χ4v) is 4.17. The monoisotopic (exact) mass is 415 g/mol. The highest BCUT2D eigenvalue weighted by Crippen LogP contribution is 2.32. The summed E-state index contributed by atoms with van der Waals surface area (Å²) in [6.07, 6.45) is 3.75. The quantitative estimate of drug-likeness (QED) is 0.766. The Morgan fingerprint density at radius 1 is 1.20 bits per heavy atom. The number of fused-ring (bicyclic) bond motifs is 2. The molecule has 0 bridgehead atoms. The average Bonchev–Trinajstić information content (AvgIpc) is 3.54. The molecule has 3 amide bonds. The van der Waals surface area contributed by atoms with Crippen LogP contribution in [0.4, 0.5) is 5.69 Å². The molecule has 1 saturated heterocycles. The molecular formula is C22H29N3O5. The van der Waals surface area contributed by atoms with E-state index in [1.807, 2.05) is 0 Å². The number of anilines is 1. The zero-order chi connectivity index (χ0) is 21.3. The lowest BCUT2D eigenvalue weighted by Crippen LogP contribution is -2.54. The molecule has 0 spiro atoms. The van der Waals surface area contributed by atoms with Crippen molar-refractivity contribution >= 4 is 23.4 Å². The summed E-state index contributed by atoms with van der Waals surface area (Å²) >= 11 is 0. The second kappa shape index (κ2) is 8.63. The molecule has 3 aliphatic rings. The SMILES string of the molecule is CC(=O)Nc1ccc2c(c1)C(=O)N(C)[C@H]1CC[C@H](CC(=O)NCC3CC3)O[C@@H]1CO2. The van der Waals surface area contributed by atoms with E-state index in [1.165, 1.54) is 19.8 Å². The molecule has 1 saturated carbocycles. The van der Waals surface area contributed by atoms with E-state index in [4.69, 9.17) is 9.47 Å². The molecule has 4 rings (SSSR count). The van der Waals surface area contributed by atoms with Crippen molar-refractivity contribution in [3.05, 3.63) is 23.8 Å². The van der Waals surface area contributed by atoms with Gasteiger partial charge in [0, 0.05) is 26.2 Å². The number of hydrogen-bond donors (Lipinski definition) is 2. The highest BCUT2D eigenvalue weighted by atomic mass is 16.5. The summed E-state index contributed by atoms with van der Waals surface area (Å²) < 4.78 is 12.1. The van der Waals surface area contributed by atoms with E-state index >= 15 is 0 Å². The highest BCUT2D eigenvalue weighted by molar-refractivity contribution is 5.99. The van der Waals surface area contributed by atoms with E-state index < -0.39 is 0 Å². The fourth-order valence-electron chi connectivity index (χ4n) is 4.17. The highest BCUT2D eigenvalue weighted by Gasteiger charge is 2.39. The first-order valence-electron chi connectivity index (χ1n) is 10.6. The number of rotatable bonds is 5. The molecule has 2 fully saturated rings. The molecule has 3 atom stereocenters. The van der Waals surface area contributed by atoms with Gasteiger partial charge in [-0.3, -0.25) is 14.4 Å². The van der Waals surface area contributed by atoms with Gasteiger partial charge < -0.3 is 25.0 Å². The molecule has 0 radical (unpaired) electrons. The van der Waals surface area contributed by atoms with Crippen molar-refractivity contribution < 1.29 is 23.9 Å². The van der Waals surface area contributed by atoms with Crippen molar-refractivity contribution in [2.75, 3.05) is 25.5 Å². The minimum Gasteiger partial charge on any atom is -0.490 e. The Kier molecular flexibility index (Phi) is 5.94. The van der Waals surface area contributed by atoms with Gasteiger partial charge >= 0.3 is 0 Å². The molecule has 8 nitrogen and oxygen atoms in total. The van der Waals surface area contributed by atoms with E-state index in [9.17, 15) is 14.4 Å². The Bertz CT molecular complexity index is 838. The van der Waals surface area contributed by atoms with Crippen molar-refractivity contribution in [1.29, 1.82) is 0 Å². The van der Waals surface area contributed by atoms with Crippen molar-refractivity contribution in [3.8, 4) is 5.75 Å². The molecular weight excluding hydrogens is 386 g/mol. The summed E-state index contributed by atoms with van der Waals surface area (Å²) in [5, 5.41) is 5.69. The molecule has 162 valence electrons. The third-order valence-corrected chi connectivity index (χ3v) is 6.03. The molecule has 2 N–H and O–H groups in total. The van der Waals surface area contributed by atoms with Crippen LogP contribution in [0.15, 0.2) is 18.2 Å². The van der Waals surface area contributed by atoms with Crippen molar-refractivity contribution in [2.24, 2.45) is 5.92 Å².